The van der Waals surface area contributed by atoms with Gasteiger partial charge in [0.05, 0.1) is 5.52 Å². The van der Waals surface area contributed by atoms with E-state index in [1.807, 2.05) is 30.3 Å². The van der Waals surface area contributed by atoms with E-state index in [1.54, 1.807) is 12.4 Å². The van der Waals surface area contributed by atoms with Crippen molar-refractivity contribution in [1.29, 1.82) is 0 Å². The third-order valence-electron chi connectivity index (χ3n) is 2.86. The number of nitrogen functional groups attached to an aromatic ring is 2. The highest BCUT2D eigenvalue weighted by Crippen LogP contribution is 2.27. The largest absolute Gasteiger partial charge is 0.368 e. The Labute approximate surface area is 109 Å². The highest BCUT2D eigenvalue weighted by molar-refractivity contribution is 5.93. The molecular formula is C13H12N6. The predicted molar refractivity (Wildman–Crippen MR) is 75.0 cm³/mol. The predicted octanol–water partition coefficient (Wildman–Crippen LogP) is 1.56. The van der Waals surface area contributed by atoms with Crippen LogP contribution in [-0.4, -0.2) is 15.0 Å². The summed E-state index contributed by atoms with van der Waals surface area (Å²) in [5.41, 5.74) is 11.0. The fourth-order valence-electron chi connectivity index (χ4n) is 1.98. The molecule has 3 aromatic rings. The Kier molecular flexibility index (Phi) is 2.70. The van der Waals surface area contributed by atoms with Gasteiger partial charge in [0.15, 0.2) is 5.82 Å². The number of fused-ring (bicyclic) bond motifs is 1. The van der Waals surface area contributed by atoms with Gasteiger partial charge in [-0.15, -0.1) is 0 Å². The molecule has 19 heavy (non-hydrogen) atoms. The average Bonchev–Trinajstić information content (AvgIpc) is 2.46. The monoisotopic (exact) mass is 252 g/mol. The molecule has 0 fully saturated rings. The summed E-state index contributed by atoms with van der Waals surface area (Å²) in [7, 11) is 0. The van der Waals surface area contributed by atoms with Gasteiger partial charge in [-0.1, -0.05) is 6.07 Å². The Morgan fingerprint density at radius 2 is 1.74 bits per heavy atom. The summed E-state index contributed by atoms with van der Waals surface area (Å²) in [6.07, 6.45) is 3.50. The standard InChI is InChI=1S/C13H12N6/c14-13-17-11-2-1-9(8-3-5-16-6-4-8)7-10(11)12(18-13)19-15/h1-7H,15H2,(H3,14,17,18,19). The Morgan fingerprint density at radius 3 is 2.47 bits per heavy atom. The van der Waals surface area contributed by atoms with Crippen LogP contribution in [0.3, 0.4) is 0 Å². The SMILES string of the molecule is NNc1nc(N)nc2ccc(-c3ccncc3)cc12. The normalized spacial score (nSPS) is 10.6. The second kappa shape index (κ2) is 4.51. The van der Waals surface area contributed by atoms with Crippen LogP contribution in [0.1, 0.15) is 0 Å². The van der Waals surface area contributed by atoms with Crippen LogP contribution in [0.15, 0.2) is 42.7 Å². The lowest BCUT2D eigenvalue weighted by Gasteiger charge is -2.08. The number of hydrogen-bond acceptors (Lipinski definition) is 6. The minimum absolute atomic E-state index is 0.192. The van der Waals surface area contributed by atoms with E-state index < -0.39 is 0 Å². The van der Waals surface area contributed by atoms with Gasteiger partial charge in [-0.25, -0.2) is 10.8 Å². The quantitative estimate of drug-likeness (QED) is 0.472. The fourth-order valence-corrected chi connectivity index (χ4v) is 1.98. The molecule has 6 heteroatoms. The van der Waals surface area contributed by atoms with Gasteiger partial charge in [0, 0.05) is 17.8 Å². The van der Waals surface area contributed by atoms with Gasteiger partial charge >= 0.3 is 0 Å². The van der Waals surface area contributed by atoms with Crippen molar-refractivity contribution < 1.29 is 0 Å². The van der Waals surface area contributed by atoms with Gasteiger partial charge in [-0.05, 0) is 35.4 Å². The van der Waals surface area contributed by atoms with Crippen molar-refractivity contribution in [1.82, 2.24) is 15.0 Å². The lowest BCUT2D eigenvalue weighted by atomic mass is 10.0. The van der Waals surface area contributed by atoms with E-state index in [4.69, 9.17) is 11.6 Å². The van der Waals surface area contributed by atoms with Crippen molar-refractivity contribution in [2.24, 2.45) is 5.84 Å². The molecule has 0 amide bonds. The molecule has 0 saturated carbocycles. The molecule has 0 atom stereocenters. The highest BCUT2D eigenvalue weighted by Gasteiger charge is 2.07. The van der Waals surface area contributed by atoms with Crippen molar-refractivity contribution in [2.75, 3.05) is 11.2 Å². The number of hydrazine groups is 1. The van der Waals surface area contributed by atoms with E-state index in [1.165, 1.54) is 0 Å². The number of benzene rings is 1. The minimum atomic E-state index is 0.192. The molecule has 0 unspecified atom stereocenters. The lowest BCUT2D eigenvalue weighted by molar-refractivity contribution is 1.19. The summed E-state index contributed by atoms with van der Waals surface area (Å²) < 4.78 is 0. The van der Waals surface area contributed by atoms with Crippen LogP contribution in [0.4, 0.5) is 11.8 Å². The Hall–Kier alpha value is -2.73. The van der Waals surface area contributed by atoms with Gasteiger partial charge in [-0.3, -0.25) is 4.98 Å². The van der Waals surface area contributed by atoms with Crippen LogP contribution >= 0.6 is 0 Å². The van der Waals surface area contributed by atoms with Crippen molar-refractivity contribution in [3.05, 3.63) is 42.7 Å². The number of nitrogens with one attached hydrogen (secondary N) is 1. The van der Waals surface area contributed by atoms with Crippen molar-refractivity contribution in [2.45, 2.75) is 0 Å². The molecule has 2 aromatic heterocycles. The van der Waals surface area contributed by atoms with E-state index in [0.29, 0.717) is 5.82 Å². The molecule has 0 radical (unpaired) electrons. The van der Waals surface area contributed by atoms with Crippen LogP contribution < -0.4 is 17.0 Å². The first-order valence-electron chi connectivity index (χ1n) is 5.72. The first kappa shape index (κ1) is 11.4. The summed E-state index contributed by atoms with van der Waals surface area (Å²) in [6.45, 7) is 0. The van der Waals surface area contributed by atoms with Crippen LogP contribution in [0.5, 0.6) is 0 Å². The fraction of sp³-hybridized carbons (Fsp3) is 0. The molecule has 3 rings (SSSR count). The molecule has 94 valence electrons. The topological polar surface area (TPSA) is 103 Å². The zero-order valence-corrected chi connectivity index (χ0v) is 10.0. The van der Waals surface area contributed by atoms with Crippen molar-refractivity contribution >= 4 is 22.7 Å². The van der Waals surface area contributed by atoms with Crippen LogP contribution in [0, 0.1) is 0 Å². The number of aromatic nitrogens is 3. The number of hydrogen-bond donors (Lipinski definition) is 3. The van der Waals surface area contributed by atoms with Gasteiger partial charge in [-0.2, -0.15) is 4.98 Å². The van der Waals surface area contributed by atoms with Gasteiger partial charge in [0.2, 0.25) is 5.95 Å². The number of nitrogens with zero attached hydrogens (tertiary/aromatic N) is 3. The molecular weight excluding hydrogens is 240 g/mol. The number of anilines is 2. The zero-order valence-electron chi connectivity index (χ0n) is 10.0. The lowest BCUT2D eigenvalue weighted by Crippen LogP contribution is -2.11. The van der Waals surface area contributed by atoms with E-state index in [2.05, 4.69) is 20.4 Å². The molecule has 6 nitrogen and oxygen atoms in total. The smallest absolute Gasteiger partial charge is 0.222 e. The highest BCUT2D eigenvalue weighted by atomic mass is 15.3. The van der Waals surface area contributed by atoms with E-state index in [-0.39, 0.29) is 5.95 Å². The molecule has 1 aromatic carbocycles. The molecule has 0 bridgehead atoms. The minimum Gasteiger partial charge on any atom is -0.368 e. The third kappa shape index (κ3) is 2.04. The van der Waals surface area contributed by atoms with E-state index >= 15 is 0 Å². The van der Waals surface area contributed by atoms with Crippen LogP contribution in [-0.2, 0) is 0 Å². The van der Waals surface area contributed by atoms with Gasteiger partial charge in [0.25, 0.3) is 0 Å². The third-order valence-corrected chi connectivity index (χ3v) is 2.86. The number of nitrogens with two attached hydrogens (primary N) is 2. The van der Waals surface area contributed by atoms with Crippen LogP contribution in [0.2, 0.25) is 0 Å². The van der Waals surface area contributed by atoms with E-state index in [9.17, 15) is 0 Å². The first-order chi connectivity index (χ1) is 9.28. The maximum atomic E-state index is 5.62. The molecule has 0 aliphatic rings. The maximum Gasteiger partial charge on any atom is 0.222 e. The molecule has 5 N–H and O–H groups in total. The zero-order chi connectivity index (χ0) is 13.2. The van der Waals surface area contributed by atoms with Crippen molar-refractivity contribution in [3.63, 3.8) is 0 Å². The maximum absolute atomic E-state index is 5.62. The average molecular weight is 252 g/mol. The van der Waals surface area contributed by atoms with Crippen LogP contribution in [0.25, 0.3) is 22.0 Å². The summed E-state index contributed by atoms with van der Waals surface area (Å²) in [6, 6.07) is 9.72. The summed E-state index contributed by atoms with van der Waals surface area (Å²) >= 11 is 0. The summed E-state index contributed by atoms with van der Waals surface area (Å²) in [4.78, 5) is 12.3. The molecule has 0 saturated heterocycles. The second-order valence-corrected chi connectivity index (χ2v) is 4.04. The second-order valence-electron chi connectivity index (χ2n) is 4.04. The van der Waals surface area contributed by atoms with Gasteiger partial charge < -0.3 is 11.2 Å². The molecule has 2 heterocycles. The molecule has 0 spiro atoms. The molecule has 0 aliphatic heterocycles. The van der Waals surface area contributed by atoms with Gasteiger partial charge in [0.1, 0.15) is 0 Å². The first-order valence-corrected chi connectivity index (χ1v) is 5.72. The number of pyridine rings is 1. The molecule has 0 aliphatic carbocycles. The Morgan fingerprint density at radius 1 is 0.947 bits per heavy atom. The number of rotatable bonds is 2. The van der Waals surface area contributed by atoms with E-state index in [0.717, 1.165) is 22.0 Å². The Bertz CT molecular complexity index is 726. The summed E-state index contributed by atoms with van der Waals surface area (Å²) in [5, 5.41) is 0.825. The Balaban J connectivity index is 2.23. The van der Waals surface area contributed by atoms with Crippen molar-refractivity contribution in [3.8, 4) is 11.1 Å². The summed E-state index contributed by atoms with van der Waals surface area (Å²) in [5.74, 6) is 6.17.